The van der Waals surface area contributed by atoms with E-state index in [0.29, 0.717) is 0 Å². The van der Waals surface area contributed by atoms with E-state index in [0.717, 1.165) is 24.9 Å². The highest BCUT2D eigenvalue weighted by atomic mass is 16.4. The maximum absolute atomic E-state index is 11.2. The van der Waals surface area contributed by atoms with Crippen molar-refractivity contribution >= 4 is 5.97 Å². The first kappa shape index (κ1) is 11.1. The fraction of sp³-hybridized carbons (Fsp3) is 0.462. The number of nitrogens with zero attached hydrogens (tertiary/aromatic N) is 1. The van der Waals surface area contributed by atoms with Gasteiger partial charge in [0.25, 0.3) is 0 Å². The largest absolute Gasteiger partial charge is 0.481 e. The van der Waals surface area contributed by atoms with Gasteiger partial charge in [0.05, 0.1) is 5.41 Å². The van der Waals surface area contributed by atoms with Gasteiger partial charge in [-0.1, -0.05) is 24.3 Å². The van der Waals surface area contributed by atoms with Crippen molar-refractivity contribution in [2.24, 2.45) is 0 Å². The Morgan fingerprint density at radius 2 is 2.12 bits per heavy atom. The fourth-order valence-electron chi connectivity index (χ4n) is 2.08. The first-order chi connectivity index (χ1) is 7.54. The summed E-state index contributed by atoms with van der Waals surface area (Å²) >= 11 is 0. The van der Waals surface area contributed by atoms with E-state index >= 15 is 0 Å². The van der Waals surface area contributed by atoms with E-state index in [1.807, 2.05) is 38.4 Å². The molecule has 1 aliphatic carbocycles. The summed E-state index contributed by atoms with van der Waals surface area (Å²) in [5, 5.41) is 9.22. The molecule has 1 aromatic carbocycles. The molecule has 86 valence electrons. The van der Waals surface area contributed by atoms with Gasteiger partial charge in [0, 0.05) is 6.54 Å². The third-order valence-corrected chi connectivity index (χ3v) is 3.14. The van der Waals surface area contributed by atoms with Crippen LogP contribution in [0, 0.1) is 0 Å². The zero-order valence-electron chi connectivity index (χ0n) is 9.73. The van der Waals surface area contributed by atoms with Crippen LogP contribution in [0.3, 0.4) is 0 Å². The predicted octanol–water partition coefficient (Wildman–Crippen LogP) is 1.86. The lowest BCUT2D eigenvalue weighted by Crippen LogP contribution is -2.20. The summed E-state index contributed by atoms with van der Waals surface area (Å²) < 4.78 is 0. The molecule has 1 N–H and O–H groups in total. The first-order valence-corrected chi connectivity index (χ1v) is 5.52. The zero-order chi connectivity index (χ0) is 11.8. The maximum atomic E-state index is 11.2. The molecule has 0 bridgehead atoms. The average Bonchev–Trinajstić information content (AvgIpc) is 2.97. The minimum atomic E-state index is -0.686. The molecule has 0 spiro atoms. The van der Waals surface area contributed by atoms with Crippen LogP contribution in [0.5, 0.6) is 0 Å². The van der Waals surface area contributed by atoms with Gasteiger partial charge in [0.1, 0.15) is 0 Å². The number of carbonyl (C=O) groups is 1. The molecule has 16 heavy (non-hydrogen) atoms. The molecule has 3 nitrogen and oxygen atoms in total. The first-order valence-electron chi connectivity index (χ1n) is 5.52. The number of hydrogen-bond acceptors (Lipinski definition) is 2. The van der Waals surface area contributed by atoms with Crippen molar-refractivity contribution in [2.75, 3.05) is 14.1 Å². The number of carboxylic acids is 1. The summed E-state index contributed by atoms with van der Waals surface area (Å²) in [4.78, 5) is 13.3. The van der Waals surface area contributed by atoms with Crippen LogP contribution < -0.4 is 0 Å². The van der Waals surface area contributed by atoms with E-state index in [1.165, 1.54) is 5.56 Å². The molecule has 0 aliphatic heterocycles. The van der Waals surface area contributed by atoms with E-state index < -0.39 is 11.4 Å². The molecular weight excluding hydrogens is 202 g/mol. The Bertz CT molecular complexity index is 408. The topological polar surface area (TPSA) is 40.5 Å². The van der Waals surface area contributed by atoms with Gasteiger partial charge < -0.3 is 10.0 Å². The Balaban J connectivity index is 2.26. The average molecular weight is 219 g/mol. The second-order valence-electron chi connectivity index (χ2n) is 4.83. The minimum absolute atomic E-state index is 0.581. The molecule has 0 heterocycles. The van der Waals surface area contributed by atoms with Crippen molar-refractivity contribution in [3.05, 3.63) is 35.4 Å². The summed E-state index contributed by atoms with van der Waals surface area (Å²) in [6.07, 6.45) is 1.54. The lowest BCUT2D eigenvalue weighted by molar-refractivity contribution is -0.140. The second kappa shape index (κ2) is 3.91. The van der Waals surface area contributed by atoms with Gasteiger partial charge in [0.15, 0.2) is 0 Å². The summed E-state index contributed by atoms with van der Waals surface area (Å²) in [7, 11) is 4.02. The van der Waals surface area contributed by atoms with Gasteiger partial charge in [0.2, 0.25) is 0 Å². The highest BCUT2D eigenvalue weighted by Crippen LogP contribution is 2.48. The Morgan fingerprint density at radius 1 is 1.44 bits per heavy atom. The summed E-state index contributed by atoms with van der Waals surface area (Å²) in [6.45, 7) is 0.851. The molecule has 0 unspecified atom stereocenters. The number of rotatable bonds is 4. The van der Waals surface area contributed by atoms with E-state index in [-0.39, 0.29) is 0 Å². The van der Waals surface area contributed by atoms with Crippen molar-refractivity contribution in [1.82, 2.24) is 4.90 Å². The number of aliphatic carboxylic acids is 1. The molecule has 3 heteroatoms. The molecule has 0 radical (unpaired) electrons. The highest BCUT2D eigenvalue weighted by Gasteiger charge is 2.51. The van der Waals surface area contributed by atoms with Gasteiger partial charge in [-0.15, -0.1) is 0 Å². The molecule has 1 saturated carbocycles. The van der Waals surface area contributed by atoms with Gasteiger partial charge in [-0.3, -0.25) is 4.79 Å². The monoisotopic (exact) mass is 219 g/mol. The highest BCUT2D eigenvalue weighted by molar-refractivity contribution is 5.84. The molecule has 0 atom stereocenters. The Labute approximate surface area is 95.7 Å². The predicted molar refractivity (Wildman–Crippen MR) is 62.4 cm³/mol. The van der Waals surface area contributed by atoms with Crippen LogP contribution in [0.25, 0.3) is 0 Å². The molecule has 0 aromatic heterocycles. The molecule has 0 saturated heterocycles. The van der Waals surface area contributed by atoms with Crippen LogP contribution in [0.1, 0.15) is 24.0 Å². The number of carboxylic acid groups (broad SMARTS) is 1. The van der Waals surface area contributed by atoms with Crippen molar-refractivity contribution in [3.8, 4) is 0 Å². The molecule has 1 fully saturated rings. The van der Waals surface area contributed by atoms with Crippen LogP contribution in [-0.2, 0) is 16.8 Å². The molecule has 2 rings (SSSR count). The molecule has 1 aromatic rings. The summed E-state index contributed by atoms with van der Waals surface area (Å²) in [5.41, 5.74) is 1.55. The van der Waals surface area contributed by atoms with Crippen LogP contribution in [0.15, 0.2) is 24.3 Å². The van der Waals surface area contributed by atoms with Gasteiger partial charge in [-0.2, -0.15) is 0 Å². The SMILES string of the molecule is CN(C)Cc1cccc(C2(C(=O)O)CC2)c1. The lowest BCUT2D eigenvalue weighted by atomic mass is 9.94. The Hall–Kier alpha value is -1.35. The summed E-state index contributed by atoms with van der Waals surface area (Å²) in [6, 6.07) is 7.96. The zero-order valence-corrected chi connectivity index (χ0v) is 9.73. The Kier molecular flexibility index (Phi) is 2.72. The smallest absolute Gasteiger partial charge is 0.314 e. The van der Waals surface area contributed by atoms with Crippen LogP contribution >= 0.6 is 0 Å². The van der Waals surface area contributed by atoms with Crippen molar-refractivity contribution in [3.63, 3.8) is 0 Å². The third-order valence-electron chi connectivity index (χ3n) is 3.14. The maximum Gasteiger partial charge on any atom is 0.314 e. The van der Waals surface area contributed by atoms with Crippen LogP contribution in [0.2, 0.25) is 0 Å². The van der Waals surface area contributed by atoms with E-state index in [4.69, 9.17) is 0 Å². The lowest BCUT2D eigenvalue weighted by Gasteiger charge is -2.14. The number of benzene rings is 1. The standard InChI is InChI=1S/C13H17NO2/c1-14(2)9-10-4-3-5-11(8-10)13(6-7-13)12(15)16/h3-5,8H,6-7,9H2,1-2H3,(H,15,16). The molecule has 0 amide bonds. The van der Waals surface area contributed by atoms with Gasteiger partial charge >= 0.3 is 5.97 Å². The van der Waals surface area contributed by atoms with Gasteiger partial charge in [-0.05, 0) is 38.1 Å². The third kappa shape index (κ3) is 1.95. The minimum Gasteiger partial charge on any atom is -0.481 e. The van der Waals surface area contributed by atoms with Crippen molar-refractivity contribution < 1.29 is 9.90 Å². The van der Waals surface area contributed by atoms with Crippen LogP contribution in [-0.4, -0.2) is 30.1 Å². The van der Waals surface area contributed by atoms with Crippen molar-refractivity contribution in [2.45, 2.75) is 24.8 Å². The number of hydrogen-bond donors (Lipinski definition) is 1. The quantitative estimate of drug-likeness (QED) is 0.840. The van der Waals surface area contributed by atoms with Crippen LogP contribution in [0.4, 0.5) is 0 Å². The second-order valence-corrected chi connectivity index (χ2v) is 4.83. The van der Waals surface area contributed by atoms with Gasteiger partial charge in [-0.25, -0.2) is 0 Å². The molecule has 1 aliphatic rings. The Morgan fingerprint density at radius 3 is 2.62 bits per heavy atom. The molecular formula is C13H17NO2. The summed E-state index contributed by atoms with van der Waals surface area (Å²) in [5.74, 6) is -0.686. The normalized spacial score (nSPS) is 17.4. The van der Waals surface area contributed by atoms with E-state index in [9.17, 15) is 9.90 Å². The van der Waals surface area contributed by atoms with Crippen molar-refractivity contribution in [1.29, 1.82) is 0 Å². The van der Waals surface area contributed by atoms with E-state index in [2.05, 4.69) is 4.90 Å². The van der Waals surface area contributed by atoms with E-state index in [1.54, 1.807) is 0 Å². The fourth-order valence-corrected chi connectivity index (χ4v) is 2.08.